The van der Waals surface area contributed by atoms with Gasteiger partial charge in [-0.25, -0.2) is 0 Å². The third-order valence-electron chi connectivity index (χ3n) is 6.53. The lowest BCUT2D eigenvalue weighted by Crippen LogP contribution is -2.55. The second-order valence-corrected chi connectivity index (χ2v) is 8.92. The van der Waals surface area contributed by atoms with E-state index in [1.54, 1.807) is 0 Å². The van der Waals surface area contributed by atoms with E-state index < -0.39 is 5.54 Å². The highest BCUT2D eigenvalue weighted by atomic mass is 16.3. The largest absolute Gasteiger partial charge is 0.394 e. The van der Waals surface area contributed by atoms with Crippen LogP contribution in [0.3, 0.4) is 0 Å². The van der Waals surface area contributed by atoms with Crippen molar-refractivity contribution in [1.82, 2.24) is 10.2 Å². The number of nitrogens with one attached hydrogen (secondary N) is 1. The fourth-order valence-corrected chi connectivity index (χ4v) is 4.48. The molecular formula is C27H38N2O3. The smallest absolute Gasteiger partial charge is 0.0881 e. The molecule has 1 aliphatic rings. The Morgan fingerprint density at radius 1 is 0.938 bits per heavy atom. The molecule has 1 saturated heterocycles. The van der Waals surface area contributed by atoms with Gasteiger partial charge in [0.05, 0.1) is 25.4 Å². The third-order valence-corrected chi connectivity index (χ3v) is 6.53. The van der Waals surface area contributed by atoms with E-state index in [4.69, 9.17) is 0 Å². The van der Waals surface area contributed by atoms with E-state index in [9.17, 15) is 15.3 Å². The maximum Gasteiger partial charge on any atom is 0.0881 e. The van der Waals surface area contributed by atoms with Gasteiger partial charge in [-0.05, 0) is 61.4 Å². The van der Waals surface area contributed by atoms with Crippen molar-refractivity contribution in [3.05, 3.63) is 77.9 Å². The van der Waals surface area contributed by atoms with E-state index in [1.165, 1.54) is 29.5 Å². The van der Waals surface area contributed by atoms with Gasteiger partial charge in [0, 0.05) is 13.1 Å². The van der Waals surface area contributed by atoms with Gasteiger partial charge in [0.15, 0.2) is 0 Å². The van der Waals surface area contributed by atoms with Gasteiger partial charge in [0.25, 0.3) is 0 Å². The molecule has 1 fully saturated rings. The third kappa shape index (κ3) is 6.99. The van der Waals surface area contributed by atoms with Crippen LogP contribution in [0.2, 0.25) is 0 Å². The summed E-state index contributed by atoms with van der Waals surface area (Å²) in [4.78, 5) is 2.55. The van der Waals surface area contributed by atoms with Crippen LogP contribution in [0.4, 0.5) is 0 Å². The standard InChI is InChI=1S/C27H38N2O3/c30-20-27(21-31,22-32)28-16-15-23-9-7-17-29(19-23)18-8-14-26(24-10-3-1-4-11-24)25-12-5-2-6-13-25/h1-6,10-14,23,28,30-32H,7-9,15-22H2. The number of piperidine rings is 1. The second kappa shape index (κ2) is 12.9. The second-order valence-electron chi connectivity index (χ2n) is 8.92. The summed E-state index contributed by atoms with van der Waals surface area (Å²) in [5.74, 6) is 0.594. The Bertz CT molecular complexity index is 756. The van der Waals surface area contributed by atoms with Crippen LogP contribution in [0.5, 0.6) is 0 Å². The zero-order chi connectivity index (χ0) is 22.7. The highest BCUT2D eigenvalue weighted by Crippen LogP contribution is 2.25. The molecule has 1 aliphatic heterocycles. The fraction of sp³-hybridized carbons (Fsp3) is 0.481. The molecule has 2 aromatic rings. The molecule has 4 N–H and O–H groups in total. The Kier molecular flexibility index (Phi) is 9.90. The van der Waals surface area contributed by atoms with Crippen molar-refractivity contribution in [2.24, 2.45) is 5.92 Å². The lowest BCUT2D eigenvalue weighted by atomic mass is 9.93. The average molecular weight is 439 g/mol. The number of likely N-dealkylation sites (tertiary alicyclic amines) is 1. The van der Waals surface area contributed by atoms with Gasteiger partial charge >= 0.3 is 0 Å². The zero-order valence-electron chi connectivity index (χ0n) is 19.0. The van der Waals surface area contributed by atoms with Gasteiger partial charge in [0.1, 0.15) is 0 Å². The monoisotopic (exact) mass is 438 g/mol. The Balaban J connectivity index is 1.53. The number of benzene rings is 2. The first-order valence-corrected chi connectivity index (χ1v) is 11.8. The van der Waals surface area contributed by atoms with Gasteiger partial charge in [-0.15, -0.1) is 0 Å². The molecule has 5 heteroatoms. The summed E-state index contributed by atoms with van der Waals surface area (Å²) in [5, 5.41) is 31.6. The molecule has 0 radical (unpaired) electrons. The molecule has 0 saturated carbocycles. The van der Waals surface area contributed by atoms with Crippen LogP contribution in [-0.2, 0) is 0 Å². The van der Waals surface area contributed by atoms with Crippen molar-refractivity contribution < 1.29 is 15.3 Å². The lowest BCUT2D eigenvalue weighted by Gasteiger charge is -2.34. The number of hydrogen-bond donors (Lipinski definition) is 4. The molecule has 2 aromatic carbocycles. The summed E-state index contributed by atoms with van der Waals surface area (Å²) in [5.41, 5.74) is 2.81. The molecule has 1 heterocycles. The zero-order valence-corrected chi connectivity index (χ0v) is 19.0. The molecule has 1 unspecified atom stereocenters. The normalized spacial score (nSPS) is 17.3. The van der Waals surface area contributed by atoms with Crippen LogP contribution in [0.15, 0.2) is 66.7 Å². The van der Waals surface area contributed by atoms with Crippen molar-refractivity contribution in [2.75, 3.05) is 46.0 Å². The number of aliphatic hydroxyl groups is 3. The van der Waals surface area contributed by atoms with Crippen LogP contribution in [-0.4, -0.2) is 71.8 Å². The molecule has 1 atom stereocenters. The van der Waals surface area contributed by atoms with Gasteiger partial charge in [-0.2, -0.15) is 0 Å². The molecular weight excluding hydrogens is 400 g/mol. The summed E-state index contributed by atoms with van der Waals surface area (Å²) in [6.45, 7) is 3.13. The molecule has 0 spiro atoms. The summed E-state index contributed by atoms with van der Waals surface area (Å²) in [6.07, 6.45) is 6.76. The van der Waals surface area contributed by atoms with Crippen molar-refractivity contribution >= 4 is 5.57 Å². The van der Waals surface area contributed by atoms with Crippen molar-refractivity contribution in [3.63, 3.8) is 0 Å². The molecule has 0 aliphatic carbocycles. The first-order valence-electron chi connectivity index (χ1n) is 11.8. The summed E-state index contributed by atoms with van der Waals surface area (Å²) in [7, 11) is 0. The van der Waals surface area contributed by atoms with E-state index in [-0.39, 0.29) is 19.8 Å². The number of rotatable bonds is 12. The quantitative estimate of drug-likeness (QED) is 0.410. The highest BCUT2D eigenvalue weighted by Gasteiger charge is 2.28. The molecule has 0 aromatic heterocycles. The maximum atomic E-state index is 9.47. The van der Waals surface area contributed by atoms with Crippen LogP contribution >= 0.6 is 0 Å². The molecule has 0 amide bonds. The lowest BCUT2D eigenvalue weighted by molar-refractivity contribution is 0.0407. The van der Waals surface area contributed by atoms with Gasteiger partial charge in [0.2, 0.25) is 0 Å². The van der Waals surface area contributed by atoms with E-state index >= 15 is 0 Å². The summed E-state index contributed by atoms with van der Waals surface area (Å²) < 4.78 is 0. The van der Waals surface area contributed by atoms with E-state index in [0.717, 1.165) is 32.5 Å². The minimum atomic E-state index is -0.982. The van der Waals surface area contributed by atoms with Crippen LogP contribution in [0.1, 0.15) is 36.8 Å². The SMILES string of the molecule is OCC(CO)(CO)NCCC1CCCN(CCC=C(c2ccccc2)c2ccccc2)C1. The molecule has 0 bridgehead atoms. The Labute approximate surface area is 192 Å². The van der Waals surface area contributed by atoms with Gasteiger partial charge in [-0.3, -0.25) is 0 Å². The summed E-state index contributed by atoms with van der Waals surface area (Å²) >= 11 is 0. The minimum Gasteiger partial charge on any atom is -0.394 e. The van der Waals surface area contributed by atoms with E-state index in [2.05, 4.69) is 77.0 Å². The molecule has 174 valence electrons. The predicted octanol–water partition coefficient (Wildman–Crippen LogP) is 2.92. The highest BCUT2D eigenvalue weighted by molar-refractivity contribution is 5.79. The molecule has 32 heavy (non-hydrogen) atoms. The number of aliphatic hydroxyl groups excluding tert-OH is 3. The van der Waals surface area contributed by atoms with Crippen LogP contribution in [0.25, 0.3) is 5.57 Å². The van der Waals surface area contributed by atoms with Crippen molar-refractivity contribution in [3.8, 4) is 0 Å². The summed E-state index contributed by atoms with van der Waals surface area (Å²) in [6, 6.07) is 21.2. The van der Waals surface area contributed by atoms with E-state index in [1.807, 2.05) is 0 Å². The molecule has 5 nitrogen and oxygen atoms in total. The first-order chi connectivity index (χ1) is 15.7. The van der Waals surface area contributed by atoms with E-state index in [0.29, 0.717) is 12.5 Å². The minimum absolute atomic E-state index is 0.270. The predicted molar refractivity (Wildman–Crippen MR) is 130 cm³/mol. The topological polar surface area (TPSA) is 76.0 Å². The van der Waals surface area contributed by atoms with Gasteiger partial charge < -0.3 is 25.5 Å². The fourth-order valence-electron chi connectivity index (χ4n) is 4.48. The van der Waals surface area contributed by atoms with Gasteiger partial charge in [-0.1, -0.05) is 66.7 Å². The number of hydrogen-bond acceptors (Lipinski definition) is 5. The maximum absolute atomic E-state index is 9.47. The Morgan fingerprint density at radius 3 is 2.09 bits per heavy atom. The van der Waals surface area contributed by atoms with Crippen molar-refractivity contribution in [2.45, 2.75) is 31.2 Å². The van der Waals surface area contributed by atoms with Crippen LogP contribution < -0.4 is 5.32 Å². The Morgan fingerprint density at radius 2 is 1.53 bits per heavy atom. The first kappa shape index (κ1) is 24.6. The number of nitrogens with zero attached hydrogens (tertiary/aromatic N) is 1. The Hall–Kier alpha value is -2.02. The molecule has 3 rings (SSSR count). The average Bonchev–Trinajstić information content (AvgIpc) is 2.86. The van der Waals surface area contributed by atoms with Crippen LogP contribution in [0, 0.1) is 5.92 Å². The van der Waals surface area contributed by atoms with Crippen molar-refractivity contribution in [1.29, 1.82) is 0 Å².